The first-order chi connectivity index (χ1) is 11.8. The number of carbonyl (C=O) groups excluding carboxylic acids is 3. The molecule has 0 spiro atoms. The molecule has 0 saturated carbocycles. The van der Waals surface area contributed by atoms with E-state index in [4.69, 9.17) is 14.2 Å². The number of hydrogen-bond donors (Lipinski definition) is 1. The lowest BCUT2D eigenvalue weighted by atomic mass is 10.1. The highest BCUT2D eigenvalue weighted by molar-refractivity contribution is 5.82. The first-order valence-electron chi connectivity index (χ1n) is 8.14. The van der Waals surface area contributed by atoms with Crippen LogP contribution in [0.2, 0.25) is 0 Å². The van der Waals surface area contributed by atoms with Crippen molar-refractivity contribution in [1.82, 2.24) is 14.9 Å². The standard InChI is InChI=1S/C17H27N3O6/c1-16(2,3)25-14(22)19-12(13(21)24-7)8-11-9-18-10-20(11)15(23)26-17(4,5)6/h9-10,12H,8H2,1-7H3,(H,19,22)/t12-/m1/s1. The molecule has 0 aliphatic rings. The molecule has 0 aromatic carbocycles. The molecule has 1 heterocycles. The molecule has 0 bridgehead atoms. The summed E-state index contributed by atoms with van der Waals surface area (Å²) in [6.07, 6.45) is 1.27. The third kappa shape index (κ3) is 7.12. The minimum atomic E-state index is -1.05. The Morgan fingerprint density at radius 1 is 1.12 bits per heavy atom. The van der Waals surface area contributed by atoms with E-state index < -0.39 is 35.4 Å². The van der Waals surface area contributed by atoms with Gasteiger partial charge in [-0.1, -0.05) is 0 Å². The summed E-state index contributed by atoms with van der Waals surface area (Å²) in [6, 6.07) is -1.05. The van der Waals surface area contributed by atoms with E-state index in [1.54, 1.807) is 41.5 Å². The van der Waals surface area contributed by atoms with Crippen LogP contribution in [0.3, 0.4) is 0 Å². The van der Waals surface area contributed by atoms with Crippen LogP contribution in [0.4, 0.5) is 9.59 Å². The van der Waals surface area contributed by atoms with E-state index in [2.05, 4.69) is 10.3 Å². The highest BCUT2D eigenvalue weighted by Gasteiger charge is 2.28. The van der Waals surface area contributed by atoms with Crippen molar-refractivity contribution < 1.29 is 28.6 Å². The average Bonchev–Trinajstić information content (AvgIpc) is 2.90. The number of esters is 1. The predicted octanol–water partition coefficient (Wildman–Crippen LogP) is 2.28. The molecule has 9 nitrogen and oxygen atoms in total. The highest BCUT2D eigenvalue weighted by Crippen LogP contribution is 2.13. The molecule has 146 valence electrons. The van der Waals surface area contributed by atoms with Crippen LogP contribution in [0, 0.1) is 0 Å². The van der Waals surface area contributed by atoms with Gasteiger partial charge in [-0.3, -0.25) is 0 Å². The average molecular weight is 369 g/mol. The van der Waals surface area contributed by atoms with Gasteiger partial charge in [0.15, 0.2) is 0 Å². The van der Waals surface area contributed by atoms with E-state index in [1.165, 1.54) is 24.2 Å². The molecule has 9 heteroatoms. The molecular formula is C17H27N3O6. The number of imidazole rings is 1. The van der Waals surface area contributed by atoms with Crippen molar-refractivity contribution in [3.63, 3.8) is 0 Å². The summed E-state index contributed by atoms with van der Waals surface area (Å²) in [4.78, 5) is 40.1. The number of ether oxygens (including phenoxy) is 3. The number of hydrogen-bond acceptors (Lipinski definition) is 7. The third-order valence-corrected chi connectivity index (χ3v) is 2.90. The van der Waals surface area contributed by atoms with Gasteiger partial charge >= 0.3 is 18.2 Å². The SMILES string of the molecule is COC(=O)[C@@H](Cc1cncn1C(=O)OC(C)(C)C)NC(=O)OC(C)(C)C. The summed E-state index contributed by atoms with van der Waals surface area (Å²) in [7, 11) is 1.21. The molecule has 1 N–H and O–H groups in total. The van der Waals surface area contributed by atoms with Crippen LogP contribution >= 0.6 is 0 Å². The quantitative estimate of drug-likeness (QED) is 0.640. The van der Waals surface area contributed by atoms with Crippen LogP contribution in [0.1, 0.15) is 47.2 Å². The minimum Gasteiger partial charge on any atom is -0.467 e. The molecule has 1 aromatic rings. The molecule has 1 aromatic heterocycles. The Labute approximate surface area is 153 Å². The zero-order valence-electron chi connectivity index (χ0n) is 16.3. The number of rotatable bonds is 4. The number of alkyl carbamates (subject to hydrolysis) is 1. The summed E-state index contributed by atoms with van der Waals surface area (Å²) in [5.74, 6) is -0.673. The largest absolute Gasteiger partial charge is 0.467 e. The number of amides is 1. The first kappa shape index (κ1) is 21.5. The van der Waals surface area contributed by atoms with Gasteiger partial charge in [-0.2, -0.15) is 0 Å². The monoisotopic (exact) mass is 369 g/mol. The molecule has 0 fully saturated rings. The molecule has 0 unspecified atom stereocenters. The maximum absolute atomic E-state index is 12.2. The Morgan fingerprint density at radius 2 is 1.69 bits per heavy atom. The Kier molecular flexibility index (Phi) is 6.77. The smallest absolute Gasteiger partial charge is 0.420 e. The van der Waals surface area contributed by atoms with Crippen LogP contribution in [-0.2, 0) is 25.4 Å². The molecule has 1 rings (SSSR count). The van der Waals surface area contributed by atoms with Crippen LogP contribution in [0.15, 0.2) is 12.5 Å². The zero-order chi connectivity index (χ0) is 20.1. The van der Waals surface area contributed by atoms with E-state index in [1.807, 2.05) is 0 Å². The third-order valence-electron chi connectivity index (χ3n) is 2.90. The Bertz CT molecular complexity index is 654. The van der Waals surface area contributed by atoms with Crippen molar-refractivity contribution >= 4 is 18.2 Å². The maximum atomic E-state index is 12.2. The van der Waals surface area contributed by atoms with Gasteiger partial charge < -0.3 is 19.5 Å². The van der Waals surface area contributed by atoms with Crippen LogP contribution in [0.5, 0.6) is 0 Å². The van der Waals surface area contributed by atoms with Crippen LogP contribution in [-0.4, -0.2) is 52.1 Å². The predicted molar refractivity (Wildman–Crippen MR) is 92.7 cm³/mol. The number of methoxy groups -OCH3 is 1. The molecule has 26 heavy (non-hydrogen) atoms. The van der Waals surface area contributed by atoms with Gasteiger partial charge in [-0.25, -0.2) is 23.9 Å². The second-order valence-electron chi connectivity index (χ2n) is 7.66. The maximum Gasteiger partial charge on any atom is 0.420 e. The van der Waals surface area contributed by atoms with Crippen molar-refractivity contribution in [3.8, 4) is 0 Å². The number of aromatic nitrogens is 2. The summed E-state index contributed by atoms with van der Waals surface area (Å²) >= 11 is 0. The van der Waals surface area contributed by atoms with Crippen molar-refractivity contribution in [2.45, 2.75) is 65.2 Å². The normalized spacial score (nSPS) is 12.9. The van der Waals surface area contributed by atoms with Gasteiger partial charge in [0.25, 0.3) is 0 Å². The molecule has 0 saturated heterocycles. The molecule has 1 amide bonds. The fourth-order valence-corrected chi connectivity index (χ4v) is 1.94. The van der Waals surface area contributed by atoms with E-state index in [0.29, 0.717) is 5.69 Å². The van der Waals surface area contributed by atoms with Crippen molar-refractivity contribution in [3.05, 3.63) is 18.2 Å². The van der Waals surface area contributed by atoms with Crippen molar-refractivity contribution in [2.24, 2.45) is 0 Å². The molecular weight excluding hydrogens is 342 g/mol. The zero-order valence-corrected chi connectivity index (χ0v) is 16.3. The number of nitrogens with one attached hydrogen (secondary N) is 1. The second kappa shape index (κ2) is 8.20. The van der Waals surface area contributed by atoms with Crippen molar-refractivity contribution in [2.75, 3.05) is 7.11 Å². The van der Waals surface area contributed by atoms with Gasteiger partial charge in [0.1, 0.15) is 23.6 Å². The van der Waals surface area contributed by atoms with Gasteiger partial charge in [0.2, 0.25) is 0 Å². The lowest BCUT2D eigenvalue weighted by Gasteiger charge is -2.23. The highest BCUT2D eigenvalue weighted by atomic mass is 16.6. The topological polar surface area (TPSA) is 109 Å². The molecule has 1 atom stereocenters. The molecule has 0 aliphatic carbocycles. The van der Waals surface area contributed by atoms with E-state index in [0.717, 1.165) is 0 Å². The number of nitrogens with zero attached hydrogens (tertiary/aromatic N) is 2. The fraction of sp³-hybridized carbons (Fsp3) is 0.647. The van der Waals surface area contributed by atoms with Crippen LogP contribution in [0.25, 0.3) is 0 Å². The fourth-order valence-electron chi connectivity index (χ4n) is 1.94. The van der Waals surface area contributed by atoms with E-state index in [9.17, 15) is 14.4 Å². The van der Waals surface area contributed by atoms with Gasteiger partial charge in [-0.15, -0.1) is 0 Å². The Balaban J connectivity index is 2.93. The van der Waals surface area contributed by atoms with E-state index in [-0.39, 0.29) is 6.42 Å². The van der Waals surface area contributed by atoms with E-state index >= 15 is 0 Å². The summed E-state index contributed by atoms with van der Waals surface area (Å²) in [6.45, 7) is 10.3. The summed E-state index contributed by atoms with van der Waals surface area (Å²) in [5, 5.41) is 2.45. The number of carbonyl (C=O) groups is 3. The second-order valence-corrected chi connectivity index (χ2v) is 7.66. The van der Waals surface area contributed by atoms with Gasteiger partial charge in [0.05, 0.1) is 12.8 Å². The van der Waals surface area contributed by atoms with Gasteiger partial charge in [0, 0.05) is 12.6 Å². The molecule has 0 aliphatic heterocycles. The first-order valence-corrected chi connectivity index (χ1v) is 8.14. The Morgan fingerprint density at radius 3 is 2.19 bits per heavy atom. The van der Waals surface area contributed by atoms with Crippen molar-refractivity contribution in [1.29, 1.82) is 0 Å². The summed E-state index contributed by atoms with van der Waals surface area (Å²) in [5.41, 5.74) is -1.02. The van der Waals surface area contributed by atoms with Gasteiger partial charge in [-0.05, 0) is 41.5 Å². The lowest BCUT2D eigenvalue weighted by Crippen LogP contribution is -2.45. The minimum absolute atomic E-state index is 0.0227. The Hall–Kier alpha value is -2.58. The molecule has 0 radical (unpaired) electrons. The van der Waals surface area contributed by atoms with Crippen LogP contribution < -0.4 is 5.32 Å². The lowest BCUT2D eigenvalue weighted by molar-refractivity contribution is -0.143. The summed E-state index contributed by atoms with van der Waals surface area (Å²) < 4.78 is 16.3.